The van der Waals surface area contributed by atoms with Gasteiger partial charge in [0.15, 0.2) is 0 Å². The van der Waals surface area contributed by atoms with Crippen LogP contribution in [0.25, 0.3) is 21.6 Å². The SMILES string of the molecule is Cc1ccc(CNS(C)(=O)=O)cc1C(=O)NC(C)c1cc(-c2cnn(C)c2)cc(-c2ccc(CN[C@H]3CC[C@@H](O)C3)s2)c1. The van der Waals surface area contributed by atoms with E-state index in [4.69, 9.17) is 0 Å². The Morgan fingerprint density at radius 2 is 1.88 bits per heavy atom. The Balaban J connectivity index is 1.37. The van der Waals surface area contributed by atoms with Crippen LogP contribution in [0.2, 0.25) is 0 Å². The van der Waals surface area contributed by atoms with Gasteiger partial charge in [-0.25, -0.2) is 13.1 Å². The number of carbonyl (C=O) groups excluding carboxylic acids is 1. The van der Waals surface area contributed by atoms with Gasteiger partial charge in [-0.15, -0.1) is 11.3 Å². The van der Waals surface area contributed by atoms with Crippen LogP contribution < -0.4 is 15.4 Å². The highest BCUT2D eigenvalue weighted by molar-refractivity contribution is 7.88. The molecule has 2 heterocycles. The molecule has 1 fully saturated rings. The molecule has 1 saturated carbocycles. The predicted molar refractivity (Wildman–Crippen MR) is 171 cm³/mol. The fraction of sp³-hybridized carbons (Fsp3) is 0.375. The molecule has 4 aromatic rings. The molecule has 0 spiro atoms. The molecule has 3 atom stereocenters. The summed E-state index contributed by atoms with van der Waals surface area (Å²) in [6.07, 6.45) is 7.40. The number of carbonyl (C=O) groups is 1. The van der Waals surface area contributed by atoms with E-state index in [0.29, 0.717) is 17.2 Å². The third-order valence-electron chi connectivity index (χ3n) is 7.84. The first-order valence-corrected chi connectivity index (χ1v) is 17.1. The van der Waals surface area contributed by atoms with Crippen LogP contribution >= 0.6 is 11.3 Å². The summed E-state index contributed by atoms with van der Waals surface area (Å²) in [5.41, 5.74) is 6.06. The van der Waals surface area contributed by atoms with E-state index in [0.717, 1.165) is 64.8 Å². The molecular weight excluding hydrogens is 583 g/mol. The summed E-state index contributed by atoms with van der Waals surface area (Å²) >= 11 is 1.74. The van der Waals surface area contributed by atoms with Gasteiger partial charge in [-0.05, 0) is 97.3 Å². The van der Waals surface area contributed by atoms with Crippen molar-refractivity contribution in [3.8, 4) is 21.6 Å². The summed E-state index contributed by atoms with van der Waals surface area (Å²) in [6.45, 7) is 4.72. The smallest absolute Gasteiger partial charge is 0.252 e. The maximum absolute atomic E-state index is 13.4. The largest absolute Gasteiger partial charge is 0.393 e. The zero-order valence-electron chi connectivity index (χ0n) is 24.9. The molecule has 1 aliphatic rings. The highest BCUT2D eigenvalue weighted by Crippen LogP contribution is 2.34. The van der Waals surface area contributed by atoms with Gasteiger partial charge in [0.05, 0.1) is 24.6 Å². The molecule has 43 heavy (non-hydrogen) atoms. The van der Waals surface area contributed by atoms with Crippen molar-refractivity contribution in [3.63, 3.8) is 0 Å². The average molecular weight is 622 g/mol. The third kappa shape index (κ3) is 8.18. The summed E-state index contributed by atoms with van der Waals surface area (Å²) in [5, 5.41) is 20.9. The predicted octanol–water partition coefficient (Wildman–Crippen LogP) is 4.67. The van der Waals surface area contributed by atoms with Crippen molar-refractivity contribution < 1.29 is 18.3 Å². The number of nitrogens with one attached hydrogen (secondary N) is 3. The van der Waals surface area contributed by atoms with Crippen LogP contribution in [-0.4, -0.2) is 47.6 Å². The molecule has 1 unspecified atom stereocenters. The maximum Gasteiger partial charge on any atom is 0.252 e. The summed E-state index contributed by atoms with van der Waals surface area (Å²) < 4.78 is 27.3. The number of benzene rings is 2. The fourth-order valence-electron chi connectivity index (χ4n) is 5.39. The van der Waals surface area contributed by atoms with Crippen molar-refractivity contribution in [2.24, 2.45) is 7.05 Å². The van der Waals surface area contributed by atoms with E-state index >= 15 is 0 Å². The molecule has 0 aliphatic heterocycles. The molecule has 0 radical (unpaired) electrons. The van der Waals surface area contributed by atoms with Crippen LogP contribution in [0.3, 0.4) is 0 Å². The lowest BCUT2D eigenvalue weighted by Gasteiger charge is -2.18. The number of sulfonamides is 1. The van der Waals surface area contributed by atoms with Gasteiger partial charge in [-0.2, -0.15) is 5.10 Å². The second-order valence-electron chi connectivity index (χ2n) is 11.5. The number of hydrogen-bond acceptors (Lipinski definition) is 7. The van der Waals surface area contributed by atoms with E-state index in [-0.39, 0.29) is 24.6 Å². The molecule has 9 nitrogen and oxygen atoms in total. The summed E-state index contributed by atoms with van der Waals surface area (Å²) in [7, 11) is -1.46. The first-order valence-electron chi connectivity index (χ1n) is 14.4. The molecule has 2 aromatic heterocycles. The number of thiophene rings is 1. The summed E-state index contributed by atoms with van der Waals surface area (Å²) in [4.78, 5) is 15.8. The van der Waals surface area contributed by atoms with E-state index < -0.39 is 10.0 Å². The quantitative estimate of drug-likeness (QED) is 0.193. The van der Waals surface area contributed by atoms with Crippen LogP contribution in [0, 0.1) is 6.92 Å². The first-order chi connectivity index (χ1) is 20.4. The summed E-state index contributed by atoms with van der Waals surface area (Å²) in [5.74, 6) is -0.221. The van der Waals surface area contributed by atoms with Crippen LogP contribution in [0.1, 0.15) is 64.2 Å². The van der Waals surface area contributed by atoms with Gasteiger partial charge in [-0.3, -0.25) is 9.48 Å². The zero-order chi connectivity index (χ0) is 30.7. The standard InChI is InChI=1S/C32H39N5O4S2/c1-20-5-6-22(16-35-43(4,40)41)11-30(20)32(39)36-21(2)23-12-24(26-17-34-37(3)19-26)14-25(13-23)31-10-9-29(42-31)18-33-27-7-8-28(38)15-27/h5-6,9-14,17,19,21,27-28,33,35,38H,7-8,15-16,18H2,1-4H3,(H,36,39)/t21?,27-,28+/m0/s1. The zero-order valence-corrected chi connectivity index (χ0v) is 26.6. The molecule has 11 heteroatoms. The lowest BCUT2D eigenvalue weighted by molar-refractivity contribution is 0.0939. The Morgan fingerprint density at radius 1 is 1.09 bits per heavy atom. The molecule has 2 aromatic carbocycles. The first kappa shape index (κ1) is 31.1. The highest BCUT2D eigenvalue weighted by atomic mass is 32.2. The van der Waals surface area contributed by atoms with E-state index in [9.17, 15) is 18.3 Å². The van der Waals surface area contributed by atoms with Crippen LogP contribution in [0.15, 0.2) is 60.9 Å². The summed E-state index contributed by atoms with van der Waals surface area (Å²) in [6, 6.07) is 16.1. The van der Waals surface area contributed by atoms with Crippen molar-refractivity contribution >= 4 is 27.3 Å². The minimum absolute atomic E-state index is 0.117. The molecule has 5 rings (SSSR count). The Labute approximate surface area is 257 Å². The monoisotopic (exact) mass is 621 g/mol. The average Bonchev–Trinajstić information content (AvgIpc) is 3.72. The molecule has 0 saturated heterocycles. The van der Waals surface area contributed by atoms with E-state index in [1.165, 1.54) is 4.88 Å². The highest BCUT2D eigenvalue weighted by Gasteiger charge is 2.22. The Hall–Kier alpha value is -3.35. The maximum atomic E-state index is 13.4. The lowest BCUT2D eigenvalue weighted by Crippen LogP contribution is -2.28. The van der Waals surface area contributed by atoms with E-state index in [2.05, 4.69) is 50.8 Å². The number of hydrogen-bond donors (Lipinski definition) is 4. The van der Waals surface area contributed by atoms with Gasteiger partial charge in [0.1, 0.15) is 0 Å². The molecule has 1 aliphatic carbocycles. The Bertz CT molecular complexity index is 1710. The van der Waals surface area contributed by atoms with Crippen LogP contribution in [-0.2, 0) is 30.2 Å². The Morgan fingerprint density at radius 3 is 2.58 bits per heavy atom. The second kappa shape index (κ2) is 13.1. The number of aliphatic hydroxyl groups excluding tert-OH is 1. The number of nitrogens with zero attached hydrogens (tertiary/aromatic N) is 2. The normalized spacial score (nSPS) is 17.7. The minimum atomic E-state index is -3.35. The van der Waals surface area contributed by atoms with Crippen molar-refractivity contribution in [1.29, 1.82) is 0 Å². The van der Waals surface area contributed by atoms with Gasteiger partial charge in [0, 0.05) is 53.3 Å². The van der Waals surface area contributed by atoms with E-state index in [1.807, 2.05) is 45.4 Å². The number of aliphatic hydroxyl groups is 1. The van der Waals surface area contributed by atoms with Gasteiger partial charge < -0.3 is 15.7 Å². The molecule has 4 N–H and O–H groups in total. The van der Waals surface area contributed by atoms with Crippen LogP contribution in [0.5, 0.6) is 0 Å². The number of aryl methyl sites for hydroxylation is 2. The number of rotatable bonds is 11. The third-order valence-corrected chi connectivity index (χ3v) is 9.65. The minimum Gasteiger partial charge on any atom is -0.393 e. The number of amides is 1. The molecule has 0 bridgehead atoms. The second-order valence-corrected chi connectivity index (χ2v) is 14.5. The van der Waals surface area contributed by atoms with Gasteiger partial charge in [0.2, 0.25) is 10.0 Å². The van der Waals surface area contributed by atoms with Crippen molar-refractivity contribution in [2.45, 2.75) is 64.4 Å². The topological polar surface area (TPSA) is 125 Å². The Kier molecular flexibility index (Phi) is 9.48. The van der Waals surface area contributed by atoms with Gasteiger partial charge in [0.25, 0.3) is 5.91 Å². The lowest BCUT2D eigenvalue weighted by atomic mass is 9.97. The molecule has 228 valence electrons. The van der Waals surface area contributed by atoms with Gasteiger partial charge >= 0.3 is 0 Å². The number of aromatic nitrogens is 2. The van der Waals surface area contributed by atoms with Gasteiger partial charge in [-0.1, -0.05) is 12.1 Å². The van der Waals surface area contributed by atoms with Crippen molar-refractivity contribution in [2.75, 3.05) is 6.26 Å². The molecule has 1 amide bonds. The van der Waals surface area contributed by atoms with Crippen LogP contribution in [0.4, 0.5) is 0 Å². The van der Waals surface area contributed by atoms with Crippen molar-refractivity contribution in [3.05, 3.63) is 88.1 Å². The fourth-order valence-corrected chi connectivity index (χ4v) is 6.77. The molecular formula is C32H39N5O4S2. The van der Waals surface area contributed by atoms with Crippen molar-refractivity contribution in [1.82, 2.24) is 25.1 Å². The van der Waals surface area contributed by atoms with E-state index in [1.54, 1.807) is 22.1 Å².